The van der Waals surface area contributed by atoms with E-state index >= 15 is 0 Å². The zero-order valence-electron chi connectivity index (χ0n) is 12.5. The van der Waals surface area contributed by atoms with Crippen molar-refractivity contribution >= 4 is 36.3 Å². The van der Waals surface area contributed by atoms with Crippen molar-refractivity contribution in [2.75, 3.05) is 26.0 Å². The predicted octanol–water partition coefficient (Wildman–Crippen LogP) is 4.00. The van der Waals surface area contributed by atoms with Crippen LogP contribution < -0.4 is 10.3 Å². The molecule has 0 spiro atoms. The zero-order chi connectivity index (χ0) is 15.1. The summed E-state index contributed by atoms with van der Waals surface area (Å²) in [6.45, 7) is 2.07. The maximum atomic E-state index is 6.80. The Bertz CT molecular complexity index is 867. The largest absolute Gasteiger partial charge is 0.377 e. The number of benzene rings is 2. The van der Waals surface area contributed by atoms with Gasteiger partial charge in [0.05, 0.1) is 5.36 Å². The van der Waals surface area contributed by atoms with Crippen LogP contribution in [0.1, 0.15) is 5.56 Å². The van der Waals surface area contributed by atoms with Crippen molar-refractivity contribution in [1.29, 1.82) is 0 Å². The Labute approximate surface area is 131 Å². The maximum Gasteiger partial charge on any atom is 0.224 e. The molecule has 108 valence electrons. The molecule has 3 rings (SSSR count). The lowest BCUT2D eigenvalue weighted by Gasteiger charge is -2.12. The van der Waals surface area contributed by atoms with Crippen LogP contribution >= 0.6 is 20.4 Å². The van der Waals surface area contributed by atoms with Crippen LogP contribution in [0.15, 0.2) is 35.3 Å². The molecule has 21 heavy (non-hydrogen) atoms. The molecule has 1 aliphatic carbocycles. The number of hydrogen-bond donors (Lipinski definition) is 0. The summed E-state index contributed by atoms with van der Waals surface area (Å²) in [5.41, 5.74) is 4.19. The molecule has 0 aromatic heterocycles. The molecule has 0 fully saturated rings. The molecule has 1 atom stereocenters. The summed E-state index contributed by atoms with van der Waals surface area (Å²) < 4.78 is 1.09. The molecule has 1 aromatic rings. The van der Waals surface area contributed by atoms with Gasteiger partial charge in [-0.15, -0.1) is 0 Å². The number of anilines is 1. The fraction of sp³-hybridized carbons (Fsp3) is 0.250. The van der Waals surface area contributed by atoms with Gasteiger partial charge in [-0.3, -0.25) is 4.99 Å². The van der Waals surface area contributed by atoms with Crippen LogP contribution in [0.5, 0.6) is 0 Å². The van der Waals surface area contributed by atoms with Gasteiger partial charge < -0.3 is 4.90 Å². The number of halogens is 1. The van der Waals surface area contributed by atoms with E-state index in [2.05, 4.69) is 28.9 Å². The molecule has 0 bridgehead atoms. The monoisotopic (exact) mass is 318 g/mol. The molecule has 1 aliphatic heterocycles. The second kappa shape index (κ2) is 5.28. The number of aromatic nitrogens is 1. The van der Waals surface area contributed by atoms with E-state index in [1.807, 2.05) is 32.3 Å². The Balaban J connectivity index is 2.46. The Kier molecular flexibility index (Phi) is 3.59. The SMILES string of the molecule is CN=c1ccc2nc3ccc(N(C)C)cc3[s+](Cl)c-2c1C. The van der Waals surface area contributed by atoms with E-state index in [0.717, 1.165) is 37.4 Å². The first-order valence-electron chi connectivity index (χ1n) is 6.70. The number of nitrogens with zero attached hydrogens (tertiary/aromatic N) is 3. The molecule has 1 unspecified atom stereocenters. The summed E-state index contributed by atoms with van der Waals surface area (Å²) in [5.74, 6) is 0. The lowest BCUT2D eigenvalue weighted by atomic mass is 10.1. The Morgan fingerprint density at radius 1 is 1.19 bits per heavy atom. The van der Waals surface area contributed by atoms with Crippen LogP contribution in [0, 0.1) is 6.92 Å². The zero-order valence-corrected chi connectivity index (χ0v) is 14.1. The maximum absolute atomic E-state index is 6.80. The standard InChI is InChI=1S/C16H17ClN3S/c1-10-12(18-2)7-8-14-16(10)21(17)15-9-11(20(3)4)5-6-13(15)19-14/h5-9H,1-4H3/q+1. The minimum atomic E-state index is -0.499. The highest BCUT2D eigenvalue weighted by atomic mass is 35.7. The van der Waals surface area contributed by atoms with Gasteiger partial charge in [0.1, 0.15) is 20.9 Å². The van der Waals surface area contributed by atoms with Crippen molar-refractivity contribution in [1.82, 2.24) is 4.98 Å². The van der Waals surface area contributed by atoms with Crippen LogP contribution in [0.3, 0.4) is 0 Å². The number of rotatable bonds is 1. The van der Waals surface area contributed by atoms with Crippen molar-refractivity contribution in [2.45, 2.75) is 6.92 Å². The van der Waals surface area contributed by atoms with Gasteiger partial charge >= 0.3 is 0 Å². The summed E-state index contributed by atoms with van der Waals surface area (Å²) in [5, 5.41) is 0.981. The molecule has 5 heteroatoms. The molecule has 1 aromatic carbocycles. The molecular weight excluding hydrogens is 302 g/mol. The summed E-state index contributed by atoms with van der Waals surface area (Å²) >= 11 is 0. The lowest BCUT2D eigenvalue weighted by Crippen LogP contribution is -2.09. The van der Waals surface area contributed by atoms with Crippen molar-refractivity contribution in [3.05, 3.63) is 41.3 Å². The summed E-state index contributed by atoms with van der Waals surface area (Å²) in [4.78, 5) is 12.2. The minimum absolute atomic E-state index is 0.499. The van der Waals surface area contributed by atoms with E-state index in [4.69, 9.17) is 15.7 Å². The molecule has 0 N–H and O–H groups in total. The third-order valence-corrected chi connectivity index (χ3v) is 6.22. The fourth-order valence-corrected chi connectivity index (χ4v) is 4.85. The molecule has 3 nitrogen and oxygen atoms in total. The molecule has 0 saturated heterocycles. The van der Waals surface area contributed by atoms with Crippen molar-refractivity contribution in [3.63, 3.8) is 0 Å². The van der Waals surface area contributed by atoms with Gasteiger partial charge in [-0.25, -0.2) is 4.98 Å². The highest BCUT2D eigenvalue weighted by Gasteiger charge is 2.25. The normalized spacial score (nSPS) is 13.2. The minimum Gasteiger partial charge on any atom is -0.377 e. The Morgan fingerprint density at radius 2 is 1.95 bits per heavy atom. The number of fused-ring (bicyclic) bond motifs is 2. The van der Waals surface area contributed by atoms with E-state index < -0.39 is 9.68 Å². The van der Waals surface area contributed by atoms with Crippen LogP contribution in [-0.4, -0.2) is 26.1 Å². The molecule has 1 heterocycles. The van der Waals surface area contributed by atoms with Gasteiger partial charge in [-0.05, 0) is 31.2 Å². The first-order valence-corrected chi connectivity index (χ1v) is 8.75. The van der Waals surface area contributed by atoms with Gasteiger partial charge in [-0.1, -0.05) is 0 Å². The topological polar surface area (TPSA) is 28.5 Å². The van der Waals surface area contributed by atoms with E-state index in [1.54, 1.807) is 7.05 Å². The third-order valence-electron chi connectivity index (χ3n) is 3.67. The van der Waals surface area contributed by atoms with Gasteiger partial charge in [0.2, 0.25) is 20.3 Å². The first kappa shape index (κ1) is 14.3. The average Bonchev–Trinajstić information content (AvgIpc) is 2.47. The Morgan fingerprint density at radius 3 is 2.62 bits per heavy atom. The first-order chi connectivity index (χ1) is 10.0. The Hall–Kier alpha value is -1.65. The second-order valence-corrected chi connectivity index (χ2v) is 7.48. The fourth-order valence-electron chi connectivity index (χ4n) is 2.48. The summed E-state index contributed by atoms with van der Waals surface area (Å²) in [6, 6.07) is 10.3. The van der Waals surface area contributed by atoms with Crippen molar-refractivity contribution in [3.8, 4) is 10.6 Å². The van der Waals surface area contributed by atoms with Gasteiger partial charge in [0.15, 0.2) is 0 Å². The predicted molar refractivity (Wildman–Crippen MR) is 92.6 cm³/mol. The van der Waals surface area contributed by atoms with Crippen LogP contribution in [0.25, 0.3) is 20.8 Å². The lowest BCUT2D eigenvalue weighted by molar-refractivity contribution is 1.13. The molecule has 0 saturated carbocycles. The van der Waals surface area contributed by atoms with E-state index in [9.17, 15) is 0 Å². The van der Waals surface area contributed by atoms with Crippen molar-refractivity contribution in [2.24, 2.45) is 4.99 Å². The molecule has 2 aliphatic rings. The van der Waals surface area contributed by atoms with Crippen LogP contribution in [0.2, 0.25) is 0 Å². The van der Waals surface area contributed by atoms with Gasteiger partial charge in [0, 0.05) is 38.5 Å². The van der Waals surface area contributed by atoms with E-state index in [1.165, 1.54) is 0 Å². The molecule has 0 radical (unpaired) electrons. The second-order valence-electron chi connectivity index (χ2n) is 5.20. The average molecular weight is 319 g/mol. The smallest absolute Gasteiger partial charge is 0.224 e. The highest BCUT2D eigenvalue weighted by molar-refractivity contribution is 7.67. The van der Waals surface area contributed by atoms with Gasteiger partial charge in [-0.2, -0.15) is 0 Å². The number of hydrogen-bond acceptors (Lipinski definition) is 3. The van der Waals surface area contributed by atoms with Gasteiger partial charge in [0.25, 0.3) is 0 Å². The van der Waals surface area contributed by atoms with Crippen molar-refractivity contribution < 1.29 is 0 Å². The summed E-state index contributed by atoms with van der Waals surface area (Å²) in [6.07, 6.45) is 0. The molecular formula is C16H17ClN3S+. The third kappa shape index (κ3) is 2.28. The highest BCUT2D eigenvalue weighted by Crippen LogP contribution is 2.45. The van der Waals surface area contributed by atoms with Crippen LogP contribution in [-0.2, 0) is 0 Å². The molecule has 0 amide bonds. The van der Waals surface area contributed by atoms with Crippen LogP contribution in [0.4, 0.5) is 5.69 Å². The quantitative estimate of drug-likeness (QED) is 0.501. The van der Waals surface area contributed by atoms with E-state index in [0.29, 0.717) is 0 Å². The summed E-state index contributed by atoms with van der Waals surface area (Å²) in [7, 11) is 12.2. The van der Waals surface area contributed by atoms with E-state index in [-0.39, 0.29) is 0 Å².